The first kappa shape index (κ1) is 15.6. The van der Waals surface area contributed by atoms with Gasteiger partial charge in [-0.1, -0.05) is 31.2 Å². The highest BCUT2D eigenvalue weighted by molar-refractivity contribution is 5.94. The van der Waals surface area contributed by atoms with Crippen molar-refractivity contribution in [2.75, 3.05) is 25.0 Å². The molecule has 1 aromatic carbocycles. The fraction of sp³-hybridized carbons (Fsp3) is 0.438. The average molecular weight is 293 g/mol. The molecule has 0 amide bonds. The number of hydrogen-bond donors (Lipinski definition) is 1. The summed E-state index contributed by atoms with van der Waals surface area (Å²) in [4.78, 5) is 5.90. The van der Waals surface area contributed by atoms with Crippen LogP contribution in [0.3, 0.4) is 0 Å². The van der Waals surface area contributed by atoms with Crippen molar-refractivity contribution in [3.05, 3.63) is 36.0 Å². The third-order valence-corrected chi connectivity index (χ3v) is 3.37. The zero-order valence-corrected chi connectivity index (χ0v) is 12.4. The van der Waals surface area contributed by atoms with E-state index in [4.69, 9.17) is 0 Å². The summed E-state index contributed by atoms with van der Waals surface area (Å²) in [6.45, 7) is 3.48. The van der Waals surface area contributed by atoms with Gasteiger partial charge in [-0.25, -0.2) is 13.8 Å². The topological polar surface area (TPSA) is 28.2 Å². The molecule has 0 fully saturated rings. The SMILES string of the molecule is CCCNCc1cnc(N(C)CC(F)F)c2ccccc12. The number of anilines is 1. The number of nitrogens with zero attached hydrogens (tertiary/aromatic N) is 2. The smallest absolute Gasteiger partial charge is 0.255 e. The fourth-order valence-electron chi connectivity index (χ4n) is 2.37. The predicted molar refractivity (Wildman–Crippen MR) is 83.0 cm³/mol. The highest BCUT2D eigenvalue weighted by atomic mass is 19.3. The zero-order valence-electron chi connectivity index (χ0n) is 12.4. The summed E-state index contributed by atoms with van der Waals surface area (Å²) >= 11 is 0. The number of aromatic nitrogens is 1. The van der Waals surface area contributed by atoms with E-state index in [1.165, 1.54) is 4.90 Å². The van der Waals surface area contributed by atoms with Crippen LogP contribution in [-0.4, -0.2) is 31.5 Å². The van der Waals surface area contributed by atoms with Crippen LogP contribution in [0.2, 0.25) is 0 Å². The Morgan fingerprint density at radius 1 is 1.24 bits per heavy atom. The van der Waals surface area contributed by atoms with Gasteiger partial charge in [-0.2, -0.15) is 0 Å². The van der Waals surface area contributed by atoms with Gasteiger partial charge >= 0.3 is 0 Å². The summed E-state index contributed by atoms with van der Waals surface area (Å²) in [7, 11) is 1.65. The highest BCUT2D eigenvalue weighted by Gasteiger charge is 2.14. The lowest BCUT2D eigenvalue weighted by Crippen LogP contribution is -2.25. The maximum atomic E-state index is 12.6. The molecule has 1 N–H and O–H groups in total. The molecule has 0 saturated heterocycles. The van der Waals surface area contributed by atoms with Crippen LogP contribution >= 0.6 is 0 Å². The maximum absolute atomic E-state index is 12.6. The monoisotopic (exact) mass is 293 g/mol. The van der Waals surface area contributed by atoms with Gasteiger partial charge in [0.25, 0.3) is 6.43 Å². The first-order chi connectivity index (χ1) is 10.1. The Labute approximate surface area is 124 Å². The number of benzene rings is 1. The molecule has 1 aromatic heterocycles. The van der Waals surface area contributed by atoms with E-state index in [1.54, 1.807) is 13.2 Å². The van der Waals surface area contributed by atoms with Crippen LogP contribution in [0.4, 0.5) is 14.6 Å². The van der Waals surface area contributed by atoms with Gasteiger partial charge in [0.2, 0.25) is 0 Å². The fourth-order valence-corrected chi connectivity index (χ4v) is 2.37. The molecule has 3 nitrogen and oxygen atoms in total. The molecule has 21 heavy (non-hydrogen) atoms. The van der Waals surface area contributed by atoms with Crippen molar-refractivity contribution >= 4 is 16.6 Å². The zero-order chi connectivity index (χ0) is 15.2. The van der Waals surface area contributed by atoms with Crippen LogP contribution in [-0.2, 0) is 6.54 Å². The van der Waals surface area contributed by atoms with E-state index in [1.807, 2.05) is 24.3 Å². The van der Waals surface area contributed by atoms with Crippen LogP contribution < -0.4 is 10.2 Å². The third kappa shape index (κ3) is 3.88. The lowest BCUT2D eigenvalue weighted by molar-refractivity contribution is 0.156. The van der Waals surface area contributed by atoms with E-state index < -0.39 is 6.43 Å². The highest BCUT2D eigenvalue weighted by Crippen LogP contribution is 2.26. The van der Waals surface area contributed by atoms with Gasteiger partial charge in [-0.15, -0.1) is 0 Å². The first-order valence-electron chi connectivity index (χ1n) is 7.20. The van der Waals surface area contributed by atoms with Crippen molar-refractivity contribution in [1.29, 1.82) is 0 Å². The molecule has 114 valence electrons. The van der Waals surface area contributed by atoms with Crippen LogP contribution in [0.1, 0.15) is 18.9 Å². The Morgan fingerprint density at radius 3 is 2.62 bits per heavy atom. The summed E-state index contributed by atoms with van der Waals surface area (Å²) < 4.78 is 25.2. The molecule has 1 heterocycles. The second kappa shape index (κ2) is 7.31. The van der Waals surface area contributed by atoms with Crippen molar-refractivity contribution < 1.29 is 8.78 Å². The summed E-state index contributed by atoms with van der Waals surface area (Å²) in [5.74, 6) is 0.602. The Balaban J connectivity index is 2.35. The Morgan fingerprint density at radius 2 is 1.95 bits per heavy atom. The quantitative estimate of drug-likeness (QED) is 0.793. The number of nitrogens with one attached hydrogen (secondary N) is 1. The Bertz CT molecular complexity index is 587. The number of hydrogen-bond acceptors (Lipinski definition) is 3. The lowest BCUT2D eigenvalue weighted by atomic mass is 10.1. The Kier molecular flexibility index (Phi) is 5.44. The van der Waals surface area contributed by atoms with Crippen molar-refractivity contribution in [3.8, 4) is 0 Å². The van der Waals surface area contributed by atoms with Gasteiger partial charge in [-0.3, -0.25) is 0 Å². The van der Waals surface area contributed by atoms with Gasteiger partial charge in [0.1, 0.15) is 5.82 Å². The molecule has 2 rings (SSSR count). The minimum absolute atomic E-state index is 0.315. The number of alkyl halides is 2. The molecular weight excluding hydrogens is 272 g/mol. The van der Waals surface area contributed by atoms with Gasteiger partial charge in [0, 0.05) is 25.2 Å². The van der Waals surface area contributed by atoms with Gasteiger partial charge < -0.3 is 10.2 Å². The summed E-state index contributed by atoms with van der Waals surface area (Å²) in [6, 6.07) is 7.82. The molecule has 0 spiro atoms. The lowest BCUT2D eigenvalue weighted by Gasteiger charge is -2.20. The normalized spacial score (nSPS) is 11.3. The maximum Gasteiger partial charge on any atom is 0.255 e. The van der Waals surface area contributed by atoms with E-state index in [-0.39, 0.29) is 6.54 Å². The largest absolute Gasteiger partial charge is 0.353 e. The van der Waals surface area contributed by atoms with Crippen molar-refractivity contribution in [2.24, 2.45) is 0 Å². The minimum Gasteiger partial charge on any atom is -0.353 e. The van der Waals surface area contributed by atoms with Crippen molar-refractivity contribution in [1.82, 2.24) is 10.3 Å². The van der Waals surface area contributed by atoms with Crippen molar-refractivity contribution in [3.63, 3.8) is 0 Å². The van der Waals surface area contributed by atoms with Crippen LogP contribution in [0.15, 0.2) is 30.5 Å². The summed E-state index contributed by atoms with van der Waals surface area (Å²) in [6.07, 6.45) is 0.476. The van der Waals surface area contributed by atoms with Crippen LogP contribution in [0.5, 0.6) is 0 Å². The van der Waals surface area contributed by atoms with E-state index in [9.17, 15) is 8.78 Å². The van der Waals surface area contributed by atoms with E-state index in [0.717, 1.165) is 35.8 Å². The second-order valence-electron chi connectivity index (χ2n) is 5.10. The molecule has 0 saturated carbocycles. The third-order valence-electron chi connectivity index (χ3n) is 3.37. The van der Waals surface area contributed by atoms with Gasteiger partial charge in [-0.05, 0) is 23.9 Å². The van der Waals surface area contributed by atoms with Gasteiger partial charge in [0.05, 0.1) is 6.54 Å². The second-order valence-corrected chi connectivity index (χ2v) is 5.10. The standard InChI is InChI=1S/C16H21F2N3/c1-3-8-19-9-12-10-20-16(21(2)11-15(17)18)14-7-5-4-6-13(12)14/h4-7,10,15,19H,3,8-9,11H2,1-2H3. The number of rotatable bonds is 7. The van der Waals surface area contributed by atoms with E-state index >= 15 is 0 Å². The number of fused-ring (bicyclic) bond motifs is 1. The predicted octanol–water partition coefficient (Wildman–Crippen LogP) is 3.44. The summed E-state index contributed by atoms with van der Waals surface area (Å²) in [5.41, 5.74) is 1.09. The molecule has 5 heteroatoms. The molecule has 0 aliphatic carbocycles. The molecule has 2 aromatic rings. The van der Waals surface area contributed by atoms with Crippen LogP contribution in [0.25, 0.3) is 10.8 Å². The molecule has 0 bridgehead atoms. The Hall–Kier alpha value is -1.75. The molecule has 0 radical (unpaired) electrons. The molecule has 0 aliphatic heterocycles. The molecular formula is C16H21F2N3. The molecule has 0 unspecified atom stereocenters. The molecule has 0 atom stereocenters. The van der Waals surface area contributed by atoms with Crippen LogP contribution in [0, 0.1) is 0 Å². The molecule has 0 aliphatic rings. The number of pyridine rings is 1. The van der Waals surface area contributed by atoms with Crippen molar-refractivity contribution in [2.45, 2.75) is 26.3 Å². The first-order valence-corrected chi connectivity index (χ1v) is 7.20. The van der Waals surface area contributed by atoms with E-state index in [0.29, 0.717) is 5.82 Å². The van der Waals surface area contributed by atoms with E-state index in [2.05, 4.69) is 17.2 Å². The minimum atomic E-state index is -2.37. The summed E-state index contributed by atoms with van der Waals surface area (Å²) in [5, 5.41) is 5.33. The number of halogens is 2. The van der Waals surface area contributed by atoms with Gasteiger partial charge in [0.15, 0.2) is 0 Å². The average Bonchev–Trinajstić information content (AvgIpc) is 2.46.